The van der Waals surface area contributed by atoms with Crippen LogP contribution in [0.1, 0.15) is 56.3 Å². The second-order valence-corrected chi connectivity index (χ2v) is 9.05. The van der Waals surface area contributed by atoms with Crippen LogP contribution in [0, 0.1) is 5.92 Å². The summed E-state index contributed by atoms with van der Waals surface area (Å²) in [4.78, 5) is 37.3. The van der Waals surface area contributed by atoms with Crippen molar-refractivity contribution in [3.63, 3.8) is 0 Å². The highest BCUT2D eigenvalue weighted by Gasteiger charge is 2.34. The van der Waals surface area contributed by atoms with Crippen LogP contribution in [0.5, 0.6) is 0 Å². The van der Waals surface area contributed by atoms with Crippen LogP contribution in [0.4, 0.5) is 22.0 Å². The smallest absolute Gasteiger partial charge is 0.324 e. The Morgan fingerprint density at radius 1 is 1.12 bits per heavy atom. The number of aromatic nitrogens is 1. The summed E-state index contributed by atoms with van der Waals surface area (Å²) in [6, 6.07) is 10.7. The fraction of sp³-hybridized carbons (Fsp3) is 0.500. The number of anilines is 3. The quantitative estimate of drug-likeness (QED) is 0.636. The normalized spacial score (nSPS) is 17.9. The van der Waals surface area contributed by atoms with Crippen molar-refractivity contribution in [1.82, 2.24) is 14.8 Å². The molecule has 7 nitrogen and oxygen atoms in total. The van der Waals surface area contributed by atoms with Crippen molar-refractivity contribution in [2.45, 2.75) is 46.0 Å². The van der Waals surface area contributed by atoms with E-state index in [-0.39, 0.29) is 11.9 Å². The summed E-state index contributed by atoms with van der Waals surface area (Å²) >= 11 is 0. The van der Waals surface area contributed by atoms with Crippen molar-refractivity contribution < 1.29 is 9.59 Å². The summed E-state index contributed by atoms with van der Waals surface area (Å²) < 4.78 is 0. The second kappa shape index (κ2) is 10.8. The van der Waals surface area contributed by atoms with Gasteiger partial charge in [-0.3, -0.25) is 4.79 Å². The molecule has 2 aliphatic rings. The molecule has 1 unspecified atom stereocenters. The summed E-state index contributed by atoms with van der Waals surface area (Å²) in [6.07, 6.45) is 7.26. The Bertz CT molecular complexity index is 973. The van der Waals surface area contributed by atoms with Gasteiger partial charge in [0.1, 0.15) is 0 Å². The van der Waals surface area contributed by atoms with Crippen molar-refractivity contribution >= 4 is 29.1 Å². The van der Waals surface area contributed by atoms with Crippen LogP contribution in [0.3, 0.4) is 0 Å². The molecule has 33 heavy (non-hydrogen) atoms. The Hall–Kier alpha value is -2.93. The first-order valence-corrected chi connectivity index (χ1v) is 12.3. The maximum absolute atomic E-state index is 13.9. The maximum Gasteiger partial charge on any atom is 0.330 e. The highest BCUT2D eigenvalue weighted by Crippen LogP contribution is 2.37. The number of hydrogen-bond donors (Lipinski definition) is 1. The third-order valence-corrected chi connectivity index (χ3v) is 6.55. The molecule has 0 saturated carbocycles. The van der Waals surface area contributed by atoms with Crippen molar-refractivity contribution in [3.05, 3.63) is 48.2 Å². The van der Waals surface area contributed by atoms with Crippen LogP contribution >= 0.6 is 0 Å². The number of nitrogens with one attached hydrogen (secondary N) is 1. The molecule has 0 spiro atoms. The van der Waals surface area contributed by atoms with Gasteiger partial charge < -0.3 is 15.1 Å². The van der Waals surface area contributed by atoms with Gasteiger partial charge in [0.15, 0.2) is 5.82 Å². The summed E-state index contributed by atoms with van der Waals surface area (Å²) in [6.45, 7) is 9.29. The zero-order valence-corrected chi connectivity index (χ0v) is 19.8. The van der Waals surface area contributed by atoms with E-state index in [0.717, 1.165) is 52.0 Å². The van der Waals surface area contributed by atoms with Gasteiger partial charge in [0.05, 0.1) is 16.9 Å². The van der Waals surface area contributed by atoms with Gasteiger partial charge in [-0.05, 0) is 81.9 Å². The topological polar surface area (TPSA) is 68.8 Å². The van der Waals surface area contributed by atoms with Crippen LogP contribution in [0.2, 0.25) is 0 Å². The first kappa shape index (κ1) is 23.2. The minimum atomic E-state index is -0.224. The number of nitrogens with zero attached hydrogens (tertiary/aromatic N) is 4. The van der Waals surface area contributed by atoms with Crippen LogP contribution < -0.4 is 10.2 Å². The molecule has 4 rings (SSSR count). The Kier molecular flexibility index (Phi) is 7.60. The fourth-order valence-corrected chi connectivity index (χ4v) is 4.98. The van der Waals surface area contributed by atoms with Gasteiger partial charge in [0.2, 0.25) is 0 Å². The molecule has 2 aliphatic heterocycles. The fourth-order valence-electron chi connectivity index (χ4n) is 4.98. The average Bonchev–Trinajstić information content (AvgIpc) is 2.96. The number of urea groups is 1. The van der Waals surface area contributed by atoms with Crippen molar-refractivity contribution in [2.24, 2.45) is 5.92 Å². The van der Waals surface area contributed by atoms with Gasteiger partial charge in [-0.2, -0.15) is 0 Å². The number of hydrogen-bond acceptors (Lipinski definition) is 4. The molecule has 1 aromatic heterocycles. The lowest BCUT2D eigenvalue weighted by atomic mass is 9.94. The maximum atomic E-state index is 13.9. The van der Waals surface area contributed by atoms with Gasteiger partial charge in [0.25, 0.3) is 5.91 Å². The van der Waals surface area contributed by atoms with Gasteiger partial charge in [-0.25, -0.2) is 14.7 Å². The van der Waals surface area contributed by atoms with E-state index in [2.05, 4.69) is 29.0 Å². The zero-order valence-electron chi connectivity index (χ0n) is 19.8. The molecular formula is C26H35N5O2. The monoisotopic (exact) mass is 449 g/mol. The van der Waals surface area contributed by atoms with E-state index >= 15 is 0 Å². The molecule has 1 atom stereocenters. The standard InChI is InChI=1S/C26H35N5O2/c1-3-15-29(16-4-2)18-13-20-9-8-17-30(19-20)26(33)31-23-12-6-5-10-21(23)25(32)28-22-11-7-14-27-24(22)31/h5-7,10-12,14,20H,3-4,8-9,13,15-19H2,1-2H3,(H,28,32). The van der Waals surface area contributed by atoms with E-state index in [4.69, 9.17) is 0 Å². The molecular weight excluding hydrogens is 414 g/mol. The van der Waals surface area contributed by atoms with Crippen LogP contribution in [0.15, 0.2) is 42.6 Å². The molecule has 7 heteroatoms. The van der Waals surface area contributed by atoms with Gasteiger partial charge in [-0.1, -0.05) is 26.0 Å². The molecule has 0 aliphatic carbocycles. The SMILES string of the molecule is CCCN(CCC)CCC1CCCN(C(=O)N2c3ccccc3C(=O)Nc3cccnc32)C1. The van der Waals surface area contributed by atoms with Crippen molar-refractivity contribution in [2.75, 3.05) is 42.9 Å². The first-order valence-electron chi connectivity index (χ1n) is 12.3. The number of piperidine rings is 1. The van der Waals surface area contributed by atoms with Gasteiger partial charge in [0, 0.05) is 19.3 Å². The molecule has 1 N–H and O–H groups in total. The summed E-state index contributed by atoms with van der Waals surface area (Å²) in [5.74, 6) is 0.739. The third-order valence-electron chi connectivity index (χ3n) is 6.55. The number of para-hydroxylation sites is 1. The Morgan fingerprint density at radius 3 is 2.70 bits per heavy atom. The van der Waals surface area contributed by atoms with E-state index in [0.29, 0.717) is 28.7 Å². The lowest BCUT2D eigenvalue weighted by Crippen LogP contribution is -2.47. The molecule has 176 valence electrons. The van der Waals surface area contributed by atoms with Gasteiger partial charge >= 0.3 is 6.03 Å². The molecule has 3 heterocycles. The number of amides is 3. The Morgan fingerprint density at radius 2 is 1.91 bits per heavy atom. The molecule has 1 fully saturated rings. The number of pyridine rings is 1. The van der Waals surface area contributed by atoms with E-state index in [9.17, 15) is 9.59 Å². The summed E-state index contributed by atoms with van der Waals surface area (Å²) in [7, 11) is 0. The van der Waals surface area contributed by atoms with Crippen LogP contribution in [0.25, 0.3) is 0 Å². The molecule has 3 amide bonds. The number of carbonyl (C=O) groups is 2. The predicted molar refractivity (Wildman–Crippen MR) is 132 cm³/mol. The Balaban J connectivity index is 1.55. The number of fused-ring (bicyclic) bond motifs is 2. The lowest BCUT2D eigenvalue weighted by molar-refractivity contribution is 0.102. The molecule has 0 radical (unpaired) electrons. The van der Waals surface area contributed by atoms with Gasteiger partial charge in [-0.15, -0.1) is 0 Å². The zero-order chi connectivity index (χ0) is 23.2. The van der Waals surface area contributed by atoms with Crippen molar-refractivity contribution in [3.8, 4) is 0 Å². The van der Waals surface area contributed by atoms with Crippen LogP contribution in [-0.4, -0.2) is 59.4 Å². The summed E-state index contributed by atoms with van der Waals surface area (Å²) in [5, 5.41) is 2.91. The molecule has 0 bridgehead atoms. The Labute approximate surface area is 196 Å². The minimum Gasteiger partial charge on any atom is -0.324 e. The van der Waals surface area contributed by atoms with E-state index < -0.39 is 0 Å². The van der Waals surface area contributed by atoms with E-state index in [1.54, 1.807) is 29.3 Å². The second-order valence-electron chi connectivity index (χ2n) is 9.05. The third kappa shape index (κ3) is 5.19. The highest BCUT2D eigenvalue weighted by molar-refractivity contribution is 6.16. The highest BCUT2D eigenvalue weighted by atomic mass is 16.2. The average molecular weight is 450 g/mol. The summed E-state index contributed by atoms with van der Waals surface area (Å²) in [5.41, 5.74) is 1.61. The number of likely N-dealkylation sites (tertiary alicyclic amines) is 1. The molecule has 2 aromatic rings. The number of rotatable bonds is 7. The van der Waals surface area contributed by atoms with E-state index in [1.807, 2.05) is 23.1 Å². The molecule has 1 aromatic carbocycles. The minimum absolute atomic E-state index is 0.109. The van der Waals surface area contributed by atoms with Crippen LogP contribution in [-0.2, 0) is 0 Å². The lowest BCUT2D eigenvalue weighted by Gasteiger charge is -2.37. The number of carbonyl (C=O) groups excluding carboxylic acids is 2. The largest absolute Gasteiger partial charge is 0.330 e. The molecule has 1 saturated heterocycles. The predicted octanol–water partition coefficient (Wildman–Crippen LogP) is 5.13. The van der Waals surface area contributed by atoms with Crippen molar-refractivity contribution in [1.29, 1.82) is 0 Å². The first-order chi connectivity index (χ1) is 16.1. The van der Waals surface area contributed by atoms with E-state index in [1.165, 1.54) is 12.8 Å². The number of benzene rings is 1.